The molecule has 1 spiro atoms. The average Bonchev–Trinajstić information content (AvgIpc) is 2.55. The van der Waals surface area contributed by atoms with Gasteiger partial charge in [-0.25, -0.2) is 0 Å². The van der Waals surface area contributed by atoms with Crippen LogP contribution in [0.1, 0.15) is 24.8 Å². The topological polar surface area (TPSA) is 45.2 Å². The van der Waals surface area contributed by atoms with Gasteiger partial charge in [0.05, 0.1) is 25.3 Å². The molecule has 0 amide bonds. The first-order chi connectivity index (χ1) is 11.9. The Morgan fingerprint density at radius 3 is 2.56 bits per heavy atom. The predicted molar refractivity (Wildman–Crippen MR) is 99.6 cm³/mol. The number of rotatable bonds is 4. The van der Waals surface area contributed by atoms with Gasteiger partial charge in [0.1, 0.15) is 0 Å². The lowest BCUT2D eigenvalue weighted by atomic mass is 9.71. The SMILES string of the molecule is COc1cc(CN2CCC3(CC2)CC(O)CN(C)C3)cc(Cl)c1OC. The summed E-state index contributed by atoms with van der Waals surface area (Å²) in [7, 11) is 5.35. The highest BCUT2D eigenvalue weighted by Crippen LogP contribution is 2.40. The number of piperidine rings is 2. The number of nitrogens with zero attached hydrogens (tertiary/aromatic N) is 2. The third-order valence-electron chi connectivity index (χ3n) is 5.61. The van der Waals surface area contributed by atoms with Crippen LogP contribution in [0.2, 0.25) is 5.02 Å². The number of benzene rings is 1. The van der Waals surface area contributed by atoms with Gasteiger partial charge < -0.3 is 19.5 Å². The Labute approximate surface area is 155 Å². The lowest BCUT2D eigenvalue weighted by Gasteiger charge is -2.48. The van der Waals surface area contributed by atoms with Crippen LogP contribution in [0.25, 0.3) is 0 Å². The Morgan fingerprint density at radius 1 is 1.24 bits per heavy atom. The van der Waals surface area contributed by atoms with Gasteiger partial charge in [0.15, 0.2) is 11.5 Å². The van der Waals surface area contributed by atoms with Crippen LogP contribution in [0.5, 0.6) is 11.5 Å². The number of aliphatic hydroxyl groups excluding tert-OH is 1. The van der Waals surface area contributed by atoms with E-state index >= 15 is 0 Å². The monoisotopic (exact) mass is 368 g/mol. The molecule has 2 heterocycles. The highest BCUT2D eigenvalue weighted by Gasteiger charge is 2.40. The largest absolute Gasteiger partial charge is 0.493 e. The van der Waals surface area contributed by atoms with Crippen LogP contribution in [0.15, 0.2) is 12.1 Å². The van der Waals surface area contributed by atoms with Crippen molar-refractivity contribution in [2.45, 2.75) is 31.9 Å². The summed E-state index contributed by atoms with van der Waals surface area (Å²) in [5.74, 6) is 1.26. The molecule has 0 radical (unpaired) electrons. The molecule has 0 bridgehead atoms. The third-order valence-corrected chi connectivity index (χ3v) is 5.89. The van der Waals surface area contributed by atoms with Crippen molar-refractivity contribution in [1.29, 1.82) is 0 Å². The van der Waals surface area contributed by atoms with Gasteiger partial charge in [-0.3, -0.25) is 4.90 Å². The van der Waals surface area contributed by atoms with Gasteiger partial charge in [-0.2, -0.15) is 0 Å². The molecular formula is C19H29ClN2O3. The lowest BCUT2D eigenvalue weighted by Crippen LogP contribution is -2.52. The van der Waals surface area contributed by atoms with Gasteiger partial charge in [0.2, 0.25) is 0 Å². The number of likely N-dealkylation sites (tertiary alicyclic amines) is 2. The summed E-state index contributed by atoms with van der Waals surface area (Å²) in [6, 6.07) is 3.97. The number of halogens is 1. The maximum Gasteiger partial charge on any atom is 0.179 e. The van der Waals surface area contributed by atoms with Crippen molar-refractivity contribution in [2.24, 2.45) is 5.41 Å². The zero-order valence-corrected chi connectivity index (χ0v) is 16.2. The maximum absolute atomic E-state index is 10.1. The van der Waals surface area contributed by atoms with Gasteiger partial charge in [-0.15, -0.1) is 0 Å². The van der Waals surface area contributed by atoms with Crippen molar-refractivity contribution in [3.05, 3.63) is 22.7 Å². The smallest absolute Gasteiger partial charge is 0.179 e. The van der Waals surface area contributed by atoms with Crippen molar-refractivity contribution in [2.75, 3.05) is 47.4 Å². The number of likely N-dealkylation sites (N-methyl/N-ethyl adjacent to an activating group) is 1. The number of β-amino-alcohol motifs (C(OH)–C–C–N with tert-alkyl or cyclic N) is 1. The van der Waals surface area contributed by atoms with Crippen LogP contribution in [0.3, 0.4) is 0 Å². The molecule has 1 aromatic carbocycles. The normalized spacial score (nSPS) is 24.4. The molecule has 0 aromatic heterocycles. The second-order valence-corrected chi connectivity index (χ2v) is 8.05. The number of ether oxygens (including phenoxy) is 2. The first kappa shape index (κ1) is 18.8. The molecule has 1 atom stereocenters. The summed E-state index contributed by atoms with van der Waals surface area (Å²) in [6.07, 6.45) is 3.02. The van der Waals surface area contributed by atoms with Crippen molar-refractivity contribution in [3.8, 4) is 11.5 Å². The molecular weight excluding hydrogens is 340 g/mol. The minimum atomic E-state index is -0.185. The van der Waals surface area contributed by atoms with E-state index in [1.165, 1.54) is 0 Å². The summed E-state index contributed by atoms with van der Waals surface area (Å²) in [5.41, 5.74) is 1.41. The van der Waals surface area contributed by atoms with Gasteiger partial charge in [0, 0.05) is 19.6 Å². The van der Waals surface area contributed by atoms with Crippen LogP contribution < -0.4 is 9.47 Å². The number of aliphatic hydroxyl groups is 1. The van der Waals surface area contributed by atoms with Gasteiger partial charge in [0.25, 0.3) is 0 Å². The zero-order chi connectivity index (χ0) is 18.0. The van der Waals surface area contributed by atoms with E-state index in [0.29, 0.717) is 16.5 Å². The highest BCUT2D eigenvalue weighted by molar-refractivity contribution is 6.32. The summed E-state index contributed by atoms with van der Waals surface area (Å²) in [4.78, 5) is 4.74. The number of hydrogen-bond acceptors (Lipinski definition) is 5. The average molecular weight is 369 g/mol. The van der Waals surface area contributed by atoms with E-state index in [2.05, 4.69) is 16.8 Å². The predicted octanol–water partition coefficient (Wildman–Crippen LogP) is 2.64. The van der Waals surface area contributed by atoms with E-state index in [1.54, 1.807) is 14.2 Å². The first-order valence-corrected chi connectivity index (χ1v) is 9.32. The van der Waals surface area contributed by atoms with Crippen LogP contribution in [0.4, 0.5) is 0 Å². The quantitative estimate of drug-likeness (QED) is 0.885. The molecule has 3 rings (SSSR count). The number of hydrogen-bond donors (Lipinski definition) is 1. The molecule has 0 saturated carbocycles. The maximum atomic E-state index is 10.1. The molecule has 5 nitrogen and oxygen atoms in total. The fourth-order valence-corrected chi connectivity index (χ4v) is 4.80. The summed E-state index contributed by atoms with van der Waals surface area (Å²) in [5, 5.41) is 10.7. The van der Waals surface area contributed by atoms with Crippen molar-refractivity contribution in [1.82, 2.24) is 9.80 Å². The minimum absolute atomic E-state index is 0.185. The minimum Gasteiger partial charge on any atom is -0.493 e. The van der Waals surface area contributed by atoms with Crippen molar-refractivity contribution in [3.63, 3.8) is 0 Å². The summed E-state index contributed by atoms with van der Waals surface area (Å²) in [6.45, 7) is 4.85. The molecule has 2 fully saturated rings. The molecule has 140 valence electrons. The molecule has 1 N–H and O–H groups in total. The number of methoxy groups -OCH3 is 2. The lowest BCUT2D eigenvalue weighted by molar-refractivity contribution is -0.0331. The van der Waals surface area contributed by atoms with E-state index in [-0.39, 0.29) is 11.5 Å². The van der Waals surface area contributed by atoms with E-state index in [1.807, 2.05) is 12.1 Å². The van der Waals surface area contributed by atoms with Crippen LogP contribution in [-0.2, 0) is 6.54 Å². The fraction of sp³-hybridized carbons (Fsp3) is 0.684. The van der Waals surface area contributed by atoms with Crippen LogP contribution >= 0.6 is 11.6 Å². The summed E-state index contributed by atoms with van der Waals surface area (Å²) >= 11 is 6.32. The van der Waals surface area contributed by atoms with Crippen LogP contribution in [0, 0.1) is 5.41 Å². The molecule has 1 unspecified atom stereocenters. The van der Waals surface area contributed by atoms with Crippen molar-refractivity contribution >= 4 is 11.6 Å². The van der Waals surface area contributed by atoms with E-state index in [0.717, 1.165) is 57.5 Å². The Hall–Kier alpha value is -1.01. The standard InChI is InChI=1S/C19H29ClN2O3/c1-21-12-15(23)10-19(13-21)4-6-22(7-5-19)11-14-8-16(20)18(25-3)17(9-14)24-2/h8-9,15,23H,4-7,10-13H2,1-3H3. The van der Waals surface area contributed by atoms with Gasteiger partial charge in [-0.1, -0.05) is 11.6 Å². The Bertz CT molecular complexity index is 591. The van der Waals surface area contributed by atoms with Gasteiger partial charge >= 0.3 is 0 Å². The highest BCUT2D eigenvalue weighted by atomic mass is 35.5. The molecule has 0 aliphatic carbocycles. The van der Waals surface area contributed by atoms with E-state index in [4.69, 9.17) is 21.1 Å². The van der Waals surface area contributed by atoms with E-state index in [9.17, 15) is 5.11 Å². The fourth-order valence-electron chi connectivity index (χ4n) is 4.49. The zero-order valence-electron chi connectivity index (χ0n) is 15.4. The third kappa shape index (κ3) is 4.22. The van der Waals surface area contributed by atoms with Crippen molar-refractivity contribution < 1.29 is 14.6 Å². The molecule has 2 aliphatic heterocycles. The second kappa shape index (κ2) is 7.70. The first-order valence-electron chi connectivity index (χ1n) is 8.94. The van der Waals surface area contributed by atoms with E-state index < -0.39 is 0 Å². The Morgan fingerprint density at radius 2 is 1.96 bits per heavy atom. The van der Waals surface area contributed by atoms with Crippen LogP contribution in [-0.4, -0.2) is 68.5 Å². The molecule has 6 heteroatoms. The molecule has 25 heavy (non-hydrogen) atoms. The Kier molecular flexibility index (Phi) is 5.78. The summed E-state index contributed by atoms with van der Waals surface area (Å²) < 4.78 is 10.7. The molecule has 2 aliphatic rings. The second-order valence-electron chi connectivity index (χ2n) is 7.64. The molecule has 2 saturated heterocycles. The van der Waals surface area contributed by atoms with Gasteiger partial charge in [-0.05, 0) is 62.5 Å². The molecule has 1 aromatic rings. The Balaban J connectivity index is 1.64.